The first-order chi connectivity index (χ1) is 12.4. The van der Waals surface area contributed by atoms with Gasteiger partial charge < -0.3 is 0 Å². The number of hydrogen-bond acceptors (Lipinski definition) is 1. The summed E-state index contributed by atoms with van der Waals surface area (Å²) in [4.78, 5) is 13.8. The summed E-state index contributed by atoms with van der Waals surface area (Å²) in [5.41, 5.74) is 1.09. The van der Waals surface area contributed by atoms with Crippen molar-refractivity contribution in [1.29, 1.82) is 0 Å². The summed E-state index contributed by atoms with van der Waals surface area (Å²) in [5.74, 6) is 3.62. The van der Waals surface area contributed by atoms with E-state index in [0.717, 1.165) is 24.0 Å². The maximum absolute atomic E-state index is 13.8. The zero-order chi connectivity index (χ0) is 18.6. The second-order valence-corrected chi connectivity index (χ2v) is 8.73. The summed E-state index contributed by atoms with van der Waals surface area (Å²) in [5, 5.41) is 0. The van der Waals surface area contributed by atoms with Crippen LogP contribution in [0.5, 0.6) is 0 Å². The molecule has 1 heteroatoms. The molecule has 4 rings (SSSR count). The molecule has 26 heavy (non-hydrogen) atoms. The van der Waals surface area contributed by atoms with E-state index in [4.69, 9.17) is 6.42 Å². The summed E-state index contributed by atoms with van der Waals surface area (Å²) in [6.45, 7) is 6.69. The van der Waals surface area contributed by atoms with Crippen molar-refractivity contribution in [3.8, 4) is 12.3 Å². The fourth-order valence-electron chi connectivity index (χ4n) is 5.77. The van der Waals surface area contributed by atoms with Crippen molar-refractivity contribution in [2.24, 2.45) is 22.7 Å². The van der Waals surface area contributed by atoms with Gasteiger partial charge in [-0.1, -0.05) is 87.4 Å². The summed E-state index contributed by atoms with van der Waals surface area (Å²) < 4.78 is 0. The zero-order valence-corrected chi connectivity index (χ0v) is 15.8. The van der Waals surface area contributed by atoms with Crippen LogP contribution in [0.15, 0.2) is 60.7 Å². The highest BCUT2D eigenvalue weighted by Gasteiger charge is 2.70. The largest absolute Gasteiger partial charge is 0.299 e. The van der Waals surface area contributed by atoms with E-state index in [1.54, 1.807) is 0 Å². The Morgan fingerprint density at radius 2 is 1.46 bits per heavy atom. The van der Waals surface area contributed by atoms with E-state index in [2.05, 4.69) is 51.0 Å². The van der Waals surface area contributed by atoms with E-state index in [1.165, 1.54) is 0 Å². The van der Waals surface area contributed by atoms with Crippen LogP contribution in [0.2, 0.25) is 0 Å². The lowest BCUT2D eigenvalue weighted by Gasteiger charge is -2.40. The Labute approximate surface area is 156 Å². The van der Waals surface area contributed by atoms with Gasteiger partial charge in [0, 0.05) is 11.3 Å². The molecule has 2 aliphatic carbocycles. The molecule has 0 spiro atoms. The van der Waals surface area contributed by atoms with E-state index in [0.29, 0.717) is 11.7 Å². The lowest BCUT2D eigenvalue weighted by atomic mass is 9.60. The summed E-state index contributed by atoms with van der Waals surface area (Å²) >= 11 is 0. The van der Waals surface area contributed by atoms with Crippen LogP contribution in [0.1, 0.15) is 44.7 Å². The number of hydrogen-bond donors (Lipinski definition) is 0. The molecule has 2 saturated carbocycles. The van der Waals surface area contributed by atoms with Crippen LogP contribution in [-0.4, -0.2) is 5.78 Å². The van der Waals surface area contributed by atoms with Crippen LogP contribution in [0.4, 0.5) is 0 Å². The topological polar surface area (TPSA) is 17.1 Å². The molecule has 1 nitrogen and oxygen atoms in total. The first-order valence-corrected chi connectivity index (χ1v) is 9.53. The SMILES string of the molecule is C#CC(c1ccccc1)(c1ccccc1)[C@H]1C(=O)[C@]2(C)CC[C@H]1C2(C)C. The number of fused-ring (bicyclic) bond motifs is 2. The minimum Gasteiger partial charge on any atom is -0.299 e. The van der Waals surface area contributed by atoms with Crippen molar-refractivity contribution < 1.29 is 4.79 Å². The van der Waals surface area contributed by atoms with Crippen molar-refractivity contribution in [1.82, 2.24) is 0 Å². The van der Waals surface area contributed by atoms with Crippen LogP contribution in [0.3, 0.4) is 0 Å². The normalized spacial score (nSPS) is 29.5. The first-order valence-electron chi connectivity index (χ1n) is 9.53. The average molecular weight is 342 g/mol. The number of carbonyl (C=O) groups excluding carboxylic acids is 1. The number of terminal acetylenes is 1. The van der Waals surface area contributed by atoms with Crippen molar-refractivity contribution in [3.05, 3.63) is 71.8 Å². The van der Waals surface area contributed by atoms with Crippen LogP contribution in [0.25, 0.3) is 0 Å². The van der Waals surface area contributed by atoms with E-state index in [1.807, 2.05) is 36.4 Å². The lowest BCUT2D eigenvalue weighted by molar-refractivity contribution is -0.132. The van der Waals surface area contributed by atoms with Gasteiger partial charge in [0.15, 0.2) is 0 Å². The van der Waals surface area contributed by atoms with E-state index >= 15 is 0 Å². The highest BCUT2D eigenvalue weighted by atomic mass is 16.1. The Balaban J connectivity index is 2.00. The third-order valence-electron chi connectivity index (χ3n) is 7.69. The maximum atomic E-state index is 13.8. The molecule has 0 unspecified atom stereocenters. The van der Waals surface area contributed by atoms with Gasteiger partial charge in [-0.25, -0.2) is 0 Å². The van der Waals surface area contributed by atoms with E-state index < -0.39 is 5.41 Å². The Morgan fingerprint density at radius 3 is 1.85 bits per heavy atom. The Kier molecular flexibility index (Phi) is 3.67. The van der Waals surface area contributed by atoms with Crippen molar-refractivity contribution in [3.63, 3.8) is 0 Å². The molecule has 0 aliphatic heterocycles. The smallest absolute Gasteiger partial charge is 0.144 e. The van der Waals surface area contributed by atoms with E-state index in [-0.39, 0.29) is 16.7 Å². The second-order valence-electron chi connectivity index (χ2n) is 8.73. The van der Waals surface area contributed by atoms with Gasteiger partial charge in [-0.3, -0.25) is 4.79 Å². The fourth-order valence-corrected chi connectivity index (χ4v) is 5.77. The highest BCUT2D eigenvalue weighted by Crippen LogP contribution is 2.69. The standard InChI is InChI=1S/C25H26O/c1-5-25(18-12-8-6-9-13-18,19-14-10-7-11-15-19)21-20-16-17-24(4,22(21)26)23(20,2)3/h1,6-15,20-21H,16-17H2,2-4H3/t20-,21-,24+/m1/s1. The molecule has 132 valence electrons. The predicted octanol–water partition coefficient (Wildman–Crippen LogP) is 5.25. The Bertz CT molecular complexity index is 832. The van der Waals surface area contributed by atoms with Gasteiger partial charge in [-0.2, -0.15) is 0 Å². The third kappa shape index (κ3) is 1.91. The van der Waals surface area contributed by atoms with Crippen LogP contribution < -0.4 is 0 Å². The lowest BCUT2D eigenvalue weighted by Crippen LogP contribution is -2.44. The molecule has 0 N–H and O–H groups in total. The fraction of sp³-hybridized carbons (Fsp3) is 0.400. The molecule has 3 atom stereocenters. The molecular formula is C25H26O. The maximum Gasteiger partial charge on any atom is 0.144 e. The number of ketones is 1. The Morgan fingerprint density at radius 1 is 0.962 bits per heavy atom. The predicted molar refractivity (Wildman–Crippen MR) is 106 cm³/mol. The minimum atomic E-state index is -0.709. The van der Waals surface area contributed by atoms with Gasteiger partial charge in [0.1, 0.15) is 5.78 Å². The quantitative estimate of drug-likeness (QED) is 0.697. The first kappa shape index (κ1) is 17.1. The summed E-state index contributed by atoms with van der Waals surface area (Å²) in [7, 11) is 0. The minimum absolute atomic E-state index is 0.0274. The summed E-state index contributed by atoms with van der Waals surface area (Å²) in [6, 6.07) is 20.4. The molecule has 2 aromatic rings. The van der Waals surface area contributed by atoms with Gasteiger partial charge >= 0.3 is 0 Å². The molecular weight excluding hydrogens is 316 g/mol. The molecule has 2 aromatic carbocycles. The van der Waals surface area contributed by atoms with Crippen molar-refractivity contribution >= 4 is 5.78 Å². The highest BCUT2D eigenvalue weighted by molar-refractivity contribution is 5.94. The number of benzene rings is 2. The van der Waals surface area contributed by atoms with Gasteiger partial charge in [0.2, 0.25) is 0 Å². The van der Waals surface area contributed by atoms with Crippen LogP contribution in [-0.2, 0) is 10.2 Å². The Hall–Kier alpha value is -2.33. The van der Waals surface area contributed by atoms with E-state index in [9.17, 15) is 4.79 Å². The summed E-state index contributed by atoms with van der Waals surface area (Å²) in [6.07, 6.45) is 8.32. The van der Waals surface area contributed by atoms with Crippen molar-refractivity contribution in [2.75, 3.05) is 0 Å². The molecule has 2 fully saturated rings. The van der Waals surface area contributed by atoms with Gasteiger partial charge in [0.05, 0.1) is 5.41 Å². The average Bonchev–Trinajstić information content (AvgIpc) is 2.98. The zero-order valence-electron chi connectivity index (χ0n) is 15.8. The number of carbonyl (C=O) groups is 1. The molecule has 0 saturated heterocycles. The van der Waals surface area contributed by atoms with Crippen LogP contribution >= 0.6 is 0 Å². The molecule has 2 bridgehead atoms. The number of rotatable bonds is 3. The van der Waals surface area contributed by atoms with Crippen molar-refractivity contribution in [2.45, 2.75) is 39.0 Å². The third-order valence-corrected chi connectivity index (χ3v) is 7.69. The monoisotopic (exact) mass is 342 g/mol. The van der Waals surface area contributed by atoms with Crippen LogP contribution in [0, 0.1) is 35.0 Å². The molecule has 0 radical (unpaired) electrons. The molecule has 0 aromatic heterocycles. The molecule has 2 aliphatic rings. The second kappa shape index (κ2) is 5.58. The van der Waals surface area contributed by atoms with Gasteiger partial charge in [-0.05, 0) is 35.3 Å². The van der Waals surface area contributed by atoms with Gasteiger partial charge in [0.25, 0.3) is 0 Å². The van der Waals surface area contributed by atoms with Gasteiger partial charge in [-0.15, -0.1) is 6.42 Å². The number of Topliss-reactive ketones (excluding diaryl/α,β-unsaturated/α-hetero) is 1. The molecule has 0 amide bonds. The molecule has 0 heterocycles.